The Balaban J connectivity index is 2.29. The molecular weight excluding hydrogens is 467 g/mol. The summed E-state index contributed by atoms with van der Waals surface area (Å²) in [5, 5.41) is 0. The monoisotopic (exact) mass is 478 g/mol. The normalized spacial score (nSPS) is 12.2. The molecule has 0 N–H and O–H groups in total. The van der Waals surface area contributed by atoms with Gasteiger partial charge in [0.1, 0.15) is 11.6 Å². The Bertz CT molecular complexity index is 631. The van der Waals surface area contributed by atoms with Crippen molar-refractivity contribution in [2.45, 2.75) is 18.2 Å². The first kappa shape index (κ1) is 17.0. The summed E-state index contributed by atoms with van der Waals surface area (Å²) >= 11 is 10.4. The van der Waals surface area contributed by atoms with Crippen LogP contribution in [0.1, 0.15) is 29.3 Å². The summed E-state index contributed by atoms with van der Waals surface area (Å²) in [6.07, 6.45) is 0.957. The van der Waals surface area contributed by atoms with E-state index in [4.69, 9.17) is 4.74 Å². The van der Waals surface area contributed by atoms with Gasteiger partial charge in [-0.2, -0.15) is 0 Å². The number of halogens is 4. The Kier molecular flexibility index (Phi) is 6.26. The number of hydrogen-bond acceptors (Lipinski definition) is 1. The molecule has 0 aliphatic rings. The fraction of sp³-hybridized carbons (Fsp3) is 0.250. The first-order valence-corrected chi connectivity index (χ1v) is 9.04. The van der Waals surface area contributed by atoms with Gasteiger partial charge in [0.15, 0.2) is 0 Å². The molecule has 2 aromatic rings. The van der Waals surface area contributed by atoms with Crippen LogP contribution in [0.2, 0.25) is 0 Å². The largest absolute Gasteiger partial charge is 0.492 e. The number of rotatable bonds is 5. The van der Waals surface area contributed by atoms with E-state index in [2.05, 4.69) is 54.7 Å². The molecule has 1 unspecified atom stereocenters. The average Bonchev–Trinajstić information content (AvgIpc) is 2.47. The van der Waals surface area contributed by atoms with Crippen molar-refractivity contribution < 1.29 is 9.13 Å². The minimum absolute atomic E-state index is 0.216. The van der Waals surface area contributed by atoms with Gasteiger partial charge in [0.05, 0.1) is 15.9 Å². The molecule has 2 aromatic carbocycles. The van der Waals surface area contributed by atoms with E-state index < -0.39 is 0 Å². The topological polar surface area (TPSA) is 9.23 Å². The predicted octanol–water partition coefficient (Wildman–Crippen LogP) is 6.62. The van der Waals surface area contributed by atoms with Crippen molar-refractivity contribution in [1.82, 2.24) is 0 Å². The third-order valence-electron chi connectivity index (χ3n) is 2.94. The van der Waals surface area contributed by atoms with Crippen LogP contribution in [0.25, 0.3) is 0 Å². The molecule has 1 nitrogen and oxygen atoms in total. The van der Waals surface area contributed by atoms with E-state index in [1.54, 1.807) is 12.1 Å². The maximum Gasteiger partial charge on any atom is 0.133 e. The van der Waals surface area contributed by atoms with Gasteiger partial charge in [0.25, 0.3) is 0 Å². The van der Waals surface area contributed by atoms with Gasteiger partial charge in [-0.3, -0.25) is 0 Å². The van der Waals surface area contributed by atoms with Crippen LogP contribution in [0.5, 0.6) is 5.75 Å². The quantitative estimate of drug-likeness (QED) is 0.437. The fourth-order valence-corrected chi connectivity index (χ4v) is 3.42. The molecule has 0 saturated heterocycles. The molecule has 2 rings (SSSR count). The summed E-state index contributed by atoms with van der Waals surface area (Å²) in [7, 11) is 0. The van der Waals surface area contributed by atoms with Gasteiger partial charge < -0.3 is 4.74 Å². The van der Waals surface area contributed by atoms with Crippen molar-refractivity contribution in [2.24, 2.45) is 0 Å². The Hall–Kier alpha value is -0.390. The maximum atomic E-state index is 14.0. The smallest absolute Gasteiger partial charge is 0.133 e. The lowest BCUT2D eigenvalue weighted by Crippen LogP contribution is -1.99. The van der Waals surface area contributed by atoms with Crippen LogP contribution in [-0.4, -0.2) is 6.61 Å². The maximum absolute atomic E-state index is 14.0. The van der Waals surface area contributed by atoms with Crippen LogP contribution >= 0.6 is 47.8 Å². The second-order valence-corrected chi connectivity index (χ2v) is 7.25. The van der Waals surface area contributed by atoms with E-state index in [0.717, 1.165) is 26.7 Å². The minimum atomic E-state index is -0.234. The Morgan fingerprint density at radius 1 is 1.14 bits per heavy atom. The molecule has 0 aliphatic carbocycles. The minimum Gasteiger partial charge on any atom is -0.492 e. The van der Waals surface area contributed by atoms with Crippen LogP contribution in [0, 0.1) is 5.82 Å². The number of benzene rings is 2. The lowest BCUT2D eigenvalue weighted by molar-refractivity contribution is 0.315. The van der Waals surface area contributed by atoms with Crippen molar-refractivity contribution in [3.8, 4) is 5.75 Å². The summed E-state index contributed by atoms with van der Waals surface area (Å²) < 4.78 is 21.3. The van der Waals surface area contributed by atoms with Crippen LogP contribution < -0.4 is 4.74 Å². The number of ether oxygens (including phenoxy) is 1. The van der Waals surface area contributed by atoms with Gasteiger partial charge in [-0.25, -0.2) is 4.39 Å². The molecule has 5 heteroatoms. The third kappa shape index (κ3) is 4.30. The fourth-order valence-electron chi connectivity index (χ4n) is 1.89. The highest BCUT2D eigenvalue weighted by molar-refractivity contribution is 9.11. The summed E-state index contributed by atoms with van der Waals surface area (Å²) in [4.78, 5) is -0.216. The highest BCUT2D eigenvalue weighted by Gasteiger charge is 2.16. The summed E-state index contributed by atoms with van der Waals surface area (Å²) in [6, 6.07) is 10.7. The van der Waals surface area contributed by atoms with E-state index in [-0.39, 0.29) is 10.6 Å². The standard InChI is InChI=1S/C16H14Br3FO/c1-2-7-21-15-6-3-10(8-13(15)18)16(19)12-9-11(17)4-5-14(12)20/h3-6,8-9,16H,2,7H2,1H3. The molecule has 0 aliphatic heterocycles. The Morgan fingerprint density at radius 2 is 1.90 bits per heavy atom. The zero-order valence-electron chi connectivity index (χ0n) is 11.4. The van der Waals surface area contributed by atoms with Gasteiger partial charge in [-0.15, -0.1) is 0 Å². The highest BCUT2D eigenvalue weighted by atomic mass is 79.9. The van der Waals surface area contributed by atoms with Gasteiger partial charge in [0.2, 0.25) is 0 Å². The molecule has 0 bridgehead atoms. The molecule has 0 fully saturated rings. The van der Waals surface area contributed by atoms with Gasteiger partial charge in [-0.1, -0.05) is 44.8 Å². The first-order chi connectivity index (χ1) is 10.0. The molecule has 1 atom stereocenters. The summed E-state index contributed by atoms with van der Waals surface area (Å²) in [6.45, 7) is 2.74. The zero-order valence-corrected chi connectivity index (χ0v) is 16.1. The van der Waals surface area contributed by atoms with E-state index in [1.165, 1.54) is 6.07 Å². The van der Waals surface area contributed by atoms with Crippen molar-refractivity contribution in [2.75, 3.05) is 6.61 Å². The molecule has 0 radical (unpaired) electrons. The predicted molar refractivity (Wildman–Crippen MR) is 94.8 cm³/mol. The van der Waals surface area contributed by atoms with E-state index >= 15 is 0 Å². The molecule has 112 valence electrons. The summed E-state index contributed by atoms with van der Waals surface area (Å²) in [5.41, 5.74) is 1.56. The SMILES string of the molecule is CCCOc1ccc(C(Br)c2cc(Br)ccc2F)cc1Br. The van der Waals surface area contributed by atoms with Crippen molar-refractivity contribution >= 4 is 47.8 Å². The molecule has 21 heavy (non-hydrogen) atoms. The Labute approximate surface area is 149 Å². The van der Waals surface area contributed by atoms with Gasteiger partial charge in [-0.05, 0) is 58.2 Å². The molecule has 0 spiro atoms. The molecule has 0 aromatic heterocycles. The van der Waals surface area contributed by atoms with E-state index in [9.17, 15) is 4.39 Å². The molecular formula is C16H14Br3FO. The van der Waals surface area contributed by atoms with Crippen LogP contribution in [0.3, 0.4) is 0 Å². The summed E-state index contributed by atoms with van der Waals surface area (Å²) in [5.74, 6) is 0.567. The van der Waals surface area contributed by atoms with Crippen molar-refractivity contribution in [3.05, 3.63) is 62.3 Å². The number of alkyl halides is 1. The van der Waals surface area contributed by atoms with Crippen molar-refractivity contribution in [1.29, 1.82) is 0 Å². The second-order valence-electron chi connectivity index (χ2n) is 4.57. The molecule has 0 heterocycles. The van der Waals surface area contributed by atoms with Crippen LogP contribution in [0.15, 0.2) is 45.3 Å². The van der Waals surface area contributed by atoms with Gasteiger partial charge >= 0.3 is 0 Å². The highest BCUT2D eigenvalue weighted by Crippen LogP contribution is 2.37. The zero-order chi connectivity index (χ0) is 15.4. The first-order valence-electron chi connectivity index (χ1n) is 6.54. The van der Waals surface area contributed by atoms with Crippen LogP contribution in [-0.2, 0) is 0 Å². The third-order valence-corrected chi connectivity index (χ3v) is 5.08. The lowest BCUT2D eigenvalue weighted by atomic mass is 10.0. The van der Waals surface area contributed by atoms with Crippen LogP contribution in [0.4, 0.5) is 4.39 Å². The average molecular weight is 481 g/mol. The molecule has 0 saturated carbocycles. The van der Waals surface area contributed by atoms with E-state index in [0.29, 0.717) is 12.2 Å². The second kappa shape index (κ2) is 7.75. The number of hydrogen-bond donors (Lipinski definition) is 0. The lowest BCUT2D eigenvalue weighted by Gasteiger charge is -2.14. The van der Waals surface area contributed by atoms with Gasteiger partial charge in [0, 0.05) is 10.0 Å². The Morgan fingerprint density at radius 3 is 2.57 bits per heavy atom. The molecule has 0 amide bonds. The van der Waals surface area contributed by atoms with Crippen molar-refractivity contribution in [3.63, 3.8) is 0 Å². The van der Waals surface area contributed by atoms with E-state index in [1.807, 2.05) is 18.2 Å².